The van der Waals surface area contributed by atoms with E-state index >= 15 is 0 Å². The molecule has 0 atom stereocenters. The Labute approximate surface area is 145 Å². The van der Waals surface area contributed by atoms with Crippen LogP contribution in [0.5, 0.6) is 0 Å². The van der Waals surface area contributed by atoms with Crippen molar-refractivity contribution in [1.29, 1.82) is 0 Å². The predicted molar refractivity (Wildman–Crippen MR) is 98.1 cm³/mol. The number of aryl methyl sites for hydroxylation is 1. The van der Waals surface area contributed by atoms with Gasteiger partial charge in [-0.3, -0.25) is 4.98 Å². The number of esters is 1. The van der Waals surface area contributed by atoms with Gasteiger partial charge in [-0.15, -0.1) is 0 Å². The molecule has 0 saturated heterocycles. The molecule has 0 aliphatic heterocycles. The molecule has 0 saturated carbocycles. The van der Waals surface area contributed by atoms with E-state index in [4.69, 9.17) is 4.74 Å². The number of carbonyl (C=O) groups excluding carboxylic acids is 1. The molecule has 3 heteroatoms. The number of carbonyl (C=O) groups is 1. The molecule has 1 aromatic carbocycles. The Kier molecular flexibility index (Phi) is 5.43. The van der Waals surface area contributed by atoms with Crippen LogP contribution in [-0.4, -0.2) is 16.6 Å². The monoisotopic (exact) mass is 325 g/mol. The Balaban J connectivity index is 2.57. The molecule has 128 valence electrons. The summed E-state index contributed by atoms with van der Waals surface area (Å²) in [5, 5.41) is 0. The van der Waals surface area contributed by atoms with Crippen LogP contribution in [0.4, 0.5) is 0 Å². The second kappa shape index (κ2) is 7.16. The van der Waals surface area contributed by atoms with E-state index in [1.54, 1.807) is 6.20 Å². The highest BCUT2D eigenvalue weighted by Crippen LogP contribution is 2.28. The summed E-state index contributed by atoms with van der Waals surface area (Å²) in [6, 6.07) is 10.1. The normalized spacial score (nSPS) is 11.6. The minimum absolute atomic E-state index is 0.304. The highest BCUT2D eigenvalue weighted by Gasteiger charge is 2.24. The molecule has 0 N–H and O–H groups in total. The van der Waals surface area contributed by atoms with Crippen molar-refractivity contribution in [3.63, 3.8) is 0 Å². The standard InChI is InChI=1S/C21H27NO2/c1-14(2)13-18-19(20(23)24-21(4,5)6)17(11-12-22-18)16-9-7-15(3)8-10-16/h7-12,14H,13H2,1-6H3. The molecule has 0 amide bonds. The summed E-state index contributed by atoms with van der Waals surface area (Å²) < 4.78 is 5.65. The fourth-order valence-electron chi connectivity index (χ4n) is 2.58. The molecular weight excluding hydrogens is 298 g/mol. The quantitative estimate of drug-likeness (QED) is 0.724. The summed E-state index contributed by atoms with van der Waals surface area (Å²) in [6.07, 6.45) is 2.52. The van der Waals surface area contributed by atoms with Crippen molar-refractivity contribution in [1.82, 2.24) is 4.98 Å². The second-order valence-corrected chi connectivity index (χ2v) is 7.65. The average molecular weight is 325 g/mol. The molecule has 3 nitrogen and oxygen atoms in total. The van der Waals surface area contributed by atoms with Gasteiger partial charge in [0.2, 0.25) is 0 Å². The van der Waals surface area contributed by atoms with Gasteiger partial charge in [0.25, 0.3) is 0 Å². The third-order valence-electron chi connectivity index (χ3n) is 3.60. The average Bonchev–Trinajstić information content (AvgIpc) is 2.45. The van der Waals surface area contributed by atoms with Crippen LogP contribution in [0, 0.1) is 12.8 Å². The van der Waals surface area contributed by atoms with Crippen molar-refractivity contribution in [2.24, 2.45) is 5.92 Å². The summed E-state index contributed by atoms with van der Waals surface area (Å²) in [5.41, 5.74) is 3.94. The number of nitrogens with zero attached hydrogens (tertiary/aromatic N) is 1. The van der Waals surface area contributed by atoms with E-state index in [1.165, 1.54) is 5.56 Å². The summed E-state index contributed by atoms with van der Waals surface area (Å²) in [7, 11) is 0. The summed E-state index contributed by atoms with van der Waals surface area (Å²) in [4.78, 5) is 17.3. The zero-order chi connectivity index (χ0) is 17.9. The highest BCUT2D eigenvalue weighted by atomic mass is 16.6. The number of rotatable bonds is 4. The minimum atomic E-state index is -0.535. The van der Waals surface area contributed by atoms with Crippen LogP contribution in [0.2, 0.25) is 0 Å². The van der Waals surface area contributed by atoms with Gasteiger partial charge in [-0.2, -0.15) is 0 Å². The van der Waals surface area contributed by atoms with Crippen LogP contribution >= 0.6 is 0 Å². The van der Waals surface area contributed by atoms with Crippen LogP contribution in [0.15, 0.2) is 36.5 Å². The van der Waals surface area contributed by atoms with Crippen LogP contribution in [0.1, 0.15) is 56.2 Å². The molecule has 1 aromatic heterocycles. The highest BCUT2D eigenvalue weighted by molar-refractivity contribution is 5.98. The predicted octanol–water partition coefficient (Wildman–Crippen LogP) is 5.21. The van der Waals surface area contributed by atoms with Crippen molar-refractivity contribution >= 4 is 5.97 Å². The van der Waals surface area contributed by atoms with Crippen LogP contribution in [0.25, 0.3) is 11.1 Å². The molecule has 24 heavy (non-hydrogen) atoms. The smallest absolute Gasteiger partial charge is 0.341 e. The lowest BCUT2D eigenvalue weighted by Gasteiger charge is -2.22. The Morgan fingerprint density at radius 3 is 2.29 bits per heavy atom. The number of benzene rings is 1. The van der Waals surface area contributed by atoms with E-state index in [0.29, 0.717) is 11.5 Å². The lowest BCUT2D eigenvalue weighted by molar-refractivity contribution is 0.00686. The van der Waals surface area contributed by atoms with E-state index in [2.05, 4.69) is 37.9 Å². The molecule has 0 aliphatic carbocycles. The minimum Gasteiger partial charge on any atom is -0.456 e. The number of aromatic nitrogens is 1. The fourth-order valence-corrected chi connectivity index (χ4v) is 2.58. The molecule has 2 aromatic rings. The van der Waals surface area contributed by atoms with Gasteiger partial charge in [-0.05, 0) is 57.2 Å². The van der Waals surface area contributed by atoms with Crippen molar-refractivity contribution in [3.05, 3.63) is 53.3 Å². The number of ether oxygens (including phenoxy) is 1. The van der Waals surface area contributed by atoms with Gasteiger partial charge in [-0.1, -0.05) is 43.7 Å². The SMILES string of the molecule is Cc1ccc(-c2ccnc(CC(C)C)c2C(=O)OC(C)(C)C)cc1. The first-order valence-corrected chi connectivity index (χ1v) is 8.45. The molecule has 2 rings (SSSR count). The van der Waals surface area contributed by atoms with Crippen molar-refractivity contribution in [2.75, 3.05) is 0 Å². The molecule has 0 spiro atoms. The molecule has 1 heterocycles. The van der Waals surface area contributed by atoms with Crippen molar-refractivity contribution < 1.29 is 9.53 Å². The first-order chi connectivity index (χ1) is 11.2. The maximum absolute atomic E-state index is 12.9. The lowest BCUT2D eigenvalue weighted by atomic mass is 9.94. The van der Waals surface area contributed by atoms with Crippen LogP contribution < -0.4 is 0 Å². The molecule has 0 aliphatic rings. The zero-order valence-corrected chi connectivity index (χ0v) is 15.5. The molecule has 0 fully saturated rings. The lowest BCUT2D eigenvalue weighted by Crippen LogP contribution is -2.25. The third kappa shape index (κ3) is 4.67. The maximum atomic E-state index is 12.9. The van der Waals surface area contributed by atoms with E-state index in [9.17, 15) is 4.79 Å². The van der Waals surface area contributed by atoms with Gasteiger partial charge in [0.05, 0.1) is 11.3 Å². The first kappa shape index (κ1) is 18.2. The van der Waals surface area contributed by atoms with Gasteiger partial charge in [0.1, 0.15) is 5.60 Å². The Bertz CT molecular complexity index is 710. The van der Waals surface area contributed by atoms with E-state index in [1.807, 2.05) is 39.0 Å². The number of hydrogen-bond acceptors (Lipinski definition) is 3. The Morgan fingerprint density at radius 2 is 1.75 bits per heavy atom. The van der Waals surface area contributed by atoms with Gasteiger partial charge in [-0.25, -0.2) is 4.79 Å². The molecular formula is C21H27NO2. The molecule has 0 unspecified atom stereocenters. The largest absolute Gasteiger partial charge is 0.456 e. The van der Waals surface area contributed by atoms with E-state index < -0.39 is 5.60 Å². The van der Waals surface area contributed by atoms with Gasteiger partial charge >= 0.3 is 5.97 Å². The van der Waals surface area contributed by atoms with Crippen molar-refractivity contribution in [2.45, 2.75) is 53.6 Å². The Hall–Kier alpha value is -2.16. The maximum Gasteiger partial charge on any atom is 0.341 e. The second-order valence-electron chi connectivity index (χ2n) is 7.65. The molecule has 0 radical (unpaired) electrons. The van der Waals surface area contributed by atoms with Crippen molar-refractivity contribution in [3.8, 4) is 11.1 Å². The van der Waals surface area contributed by atoms with Crippen LogP contribution in [0.3, 0.4) is 0 Å². The first-order valence-electron chi connectivity index (χ1n) is 8.45. The van der Waals surface area contributed by atoms with E-state index in [-0.39, 0.29) is 5.97 Å². The van der Waals surface area contributed by atoms with Crippen LogP contribution in [-0.2, 0) is 11.2 Å². The zero-order valence-electron chi connectivity index (χ0n) is 15.5. The topological polar surface area (TPSA) is 39.2 Å². The molecule has 0 bridgehead atoms. The summed E-state index contributed by atoms with van der Waals surface area (Å²) in [6.45, 7) is 12.0. The number of pyridine rings is 1. The fraction of sp³-hybridized carbons (Fsp3) is 0.429. The van der Waals surface area contributed by atoms with Gasteiger partial charge < -0.3 is 4.74 Å². The summed E-state index contributed by atoms with van der Waals surface area (Å²) >= 11 is 0. The number of hydrogen-bond donors (Lipinski definition) is 0. The third-order valence-corrected chi connectivity index (χ3v) is 3.60. The summed E-state index contributed by atoms with van der Waals surface area (Å²) in [5.74, 6) is 0.105. The van der Waals surface area contributed by atoms with Gasteiger partial charge in [0.15, 0.2) is 0 Å². The van der Waals surface area contributed by atoms with E-state index in [0.717, 1.165) is 23.2 Å². The van der Waals surface area contributed by atoms with Gasteiger partial charge in [0, 0.05) is 6.20 Å². The Morgan fingerprint density at radius 1 is 1.12 bits per heavy atom.